The number of rotatable bonds is 6. The molecule has 0 heterocycles. The van der Waals surface area contributed by atoms with Gasteiger partial charge in [-0.25, -0.2) is 4.79 Å². The molecule has 5 nitrogen and oxygen atoms in total. The van der Waals surface area contributed by atoms with E-state index in [1.54, 1.807) is 11.8 Å². The van der Waals surface area contributed by atoms with E-state index < -0.39 is 11.7 Å². The summed E-state index contributed by atoms with van der Waals surface area (Å²) in [4.78, 5) is 13.9. The lowest BCUT2D eigenvalue weighted by atomic mass is 9.70. The van der Waals surface area contributed by atoms with E-state index in [1.165, 1.54) is 19.3 Å². The Kier molecular flexibility index (Phi) is 7.54. The average Bonchev–Trinajstić information content (AvgIpc) is 2.32. The highest BCUT2D eigenvalue weighted by atomic mass is 16.6. The van der Waals surface area contributed by atoms with Gasteiger partial charge in [-0.05, 0) is 58.3 Å². The van der Waals surface area contributed by atoms with Crippen molar-refractivity contribution in [3.05, 3.63) is 0 Å². The third kappa shape index (κ3) is 8.34. The van der Waals surface area contributed by atoms with Crippen molar-refractivity contribution in [3.63, 3.8) is 0 Å². The summed E-state index contributed by atoms with van der Waals surface area (Å²) in [6.07, 6.45) is 2.71. The Balaban J connectivity index is 2.51. The molecule has 0 spiro atoms. The first kappa shape index (κ1) is 21.2. The second-order valence-corrected chi connectivity index (χ2v) is 9.34. The third-order valence-electron chi connectivity index (χ3n) is 4.34. The van der Waals surface area contributed by atoms with E-state index in [2.05, 4.69) is 26.1 Å². The van der Waals surface area contributed by atoms with Gasteiger partial charge in [0.2, 0.25) is 0 Å². The molecule has 1 saturated carbocycles. The first-order chi connectivity index (χ1) is 10.9. The van der Waals surface area contributed by atoms with Crippen LogP contribution in [0.3, 0.4) is 0 Å². The number of hydrogen-bond donors (Lipinski definition) is 2. The summed E-state index contributed by atoms with van der Waals surface area (Å²) in [6.45, 7) is 15.8. The second-order valence-electron chi connectivity index (χ2n) is 9.34. The van der Waals surface area contributed by atoms with Crippen molar-refractivity contribution in [2.75, 3.05) is 19.6 Å². The highest BCUT2D eigenvalue weighted by Gasteiger charge is 2.32. The van der Waals surface area contributed by atoms with E-state index in [-0.39, 0.29) is 6.09 Å². The van der Waals surface area contributed by atoms with Crippen molar-refractivity contribution in [3.8, 4) is 0 Å². The van der Waals surface area contributed by atoms with Crippen LogP contribution in [0, 0.1) is 11.3 Å². The summed E-state index contributed by atoms with van der Waals surface area (Å²) in [5.74, 6) is 0.727. The number of aliphatic hydroxyl groups is 1. The van der Waals surface area contributed by atoms with Crippen LogP contribution in [-0.4, -0.2) is 53.5 Å². The molecular weight excluding hydrogens is 304 g/mol. The maximum Gasteiger partial charge on any atom is 0.410 e. The largest absolute Gasteiger partial charge is 0.444 e. The van der Waals surface area contributed by atoms with Crippen molar-refractivity contribution >= 4 is 6.09 Å². The van der Waals surface area contributed by atoms with E-state index >= 15 is 0 Å². The number of hydrogen-bond acceptors (Lipinski definition) is 4. The summed E-state index contributed by atoms with van der Waals surface area (Å²) in [6, 6.07) is 0.496. The van der Waals surface area contributed by atoms with Gasteiger partial charge in [-0.1, -0.05) is 20.8 Å². The van der Waals surface area contributed by atoms with Crippen LogP contribution in [0.5, 0.6) is 0 Å². The molecule has 142 valence electrons. The van der Waals surface area contributed by atoms with Crippen molar-refractivity contribution in [2.24, 2.45) is 11.3 Å². The fourth-order valence-corrected chi connectivity index (χ4v) is 3.81. The van der Waals surface area contributed by atoms with Crippen LogP contribution < -0.4 is 5.32 Å². The van der Waals surface area contributed by atoms with Crippen LogP contribution in [0.2, 0.25) is 0 Å². The van der Waals surface area contributed by atoms with Crippen LogP contribution in [-0.2, 0) is 4.74 Å². The molecule has 3 atom stereocenters. The van der Waals surface area contributed by atoms with Crippen LogP contribution in [0.4, 0.5) is 4.79 Å². The van der Waals surface area contributed by atoms with Gasteiger partial charge in [0.1, 0.15) is 5.60 Å². The van der Waals surface area contributed by atoms with E-state index in [4.69, 9.17) is 4.74 Å². The highest BCUT2D eigenvalue weighted by molar-refractivity contribution is 5.68. The zero-order valence-electron chi connectivity index (χ0n) is 16.7. The number of nitrogens with zero attached hydrogens (tertiary/aromatic N) is 1. The Morgan fingerprint density at radius 3 is 2.50 bits per heavy atom. The first-order valence-corrected chi connectivity index (χ1v) is 9.27. The van der Waals surface area contributed by atoms with Crippen molar-refractivity contribution in [2.45, 2.75) is 85.5 Å². The lowest BCUT2D eigenvalue weighted by Gasteiger charge is -2.39. The highest BCUT2D eigenvalue weighted by Crippen LogP contribution is 2.38. The van der Waals surface area contributed by atoms with Gasteiger partial charge in [-0.3, -0.25) is 0 Å². The minimum atomic E-state index is -0.564. The molecule has 0 aromatic heterocycles. The molecule has 0 aromatic carbocycles. The van der Waals surface area contributed by atoms with Crippen molar-refractivity contribution < 1.29 is 14.6 Å². The molecule has 0 radical (unpaired) electrons. The van der Waals surface area contributed by atoms with Gasteiger partial charge in [-0.15, -0.1) is 0 Å². The monoisotopic (exact) mass is 342 g/mol. The van der Waals surface area contributed by atoms with Crippen LogP contribution in [0.1, 0.15) is 67.7 Å². The number of amides is 1. The number of ether oxygens (including phenoxy) is 1. The molecule has 1 aliphatic rings. The third-order valence-corrected chi connectivity index (χ3v) is 4.34. The fourth-order valence-electron chi connectivity index (χ4n) is 3.81. The van der Waals surface area contributed by atoms with E-state index in [1.807, 2.05) is 20.8 Å². The molecule has 0 aromatic rings. The van der Waals surface area contributed by atoms with Crippen molar-refractivity contribution in [1.82, 2.24) is 10.2 Å². The SMILES string of the molecule is CC(O)CN(CCNC1CC(C)CC(C)(C)C1)C(=O)OC(C)(C)C. The number of aliphatic hydroxyl groups excluding tert-OH is 1. The number of carbonyl (C=O) groups is 1. The summed E-state index contributed by atoms with van der Waals surface area (Å²) in [7, 11) is 0. The van der Waals surface area contributed by atoms with Gasteiger partial charge in [0.25, 0.3) is 0 Å². The molecule has 3 unspecified atom stereocenters. The van der Waals surface area contributed by atoms with Gasteiger partial charge in [-0.2, -0.15) is 0 Å². The zero-order chi connectivity index (χ0) is 18.5. The molecule has 0 aliphatic heterocycles. The molecule has 1 amide bonds. The smallest absolute Gasteiger partial charge is 0.410 e. The minimum Gasteiger partial charge on any atom is -0.444 e. The van der Waals surface area contributed by atoms with E-state index in [0.717, 1.165) is 12.5 Å². The summed E-state index contributed by atoms with van der Waals surface area (Å²) in [5.41, 5.74) is -0.149. The molecule has 0 bridgehead atoms. The van der Waals surface area contributed by atoms with Crippen molar-refractivity contribution in [1.29, 1.82) is 0 Å². The molecule has 1 aliphatic carbocycles. The summed E-state index contributed by atoms with van der Waals surface area (Å²) >= 11 is 0. The molecule has 1 fully saturated rings. The molecule has 0 saturated heterocycles. The molecule has 5 heteroatoms. The van der Waals surface area contributed by atoms with Crippen LogP contribution in [0.25, 0.3) is 0 Å². The zero-order valence-corrected chi connectivity index (χ0v) is 16.7. The Morgan fingerprint density at radius 2 is 2.00 bits per heavy atom. The van der Waals surface area contributed by atoms with Gasteiger partial charge in [0.15, 0.2) is 0 Å². The Morgan fingerprint density at radius 1 is 1.38 bits per heavy atom. The molecular formula is C19H38N2O3. The van der Waals surface area contributed by atoms with Crippen LogP contribution in [0.15, 0.2) is 0 Å². The summed E-state index contributed by atoms with van der Waals surface area (Å²) in [5, 5.41) is 13.2. The lowest BCUT2D eigenvalue weighted by molar-refractivity contribution is 0.0159. The topological polar surface area (TPSA) is 61.8 Å². The normalized spacial score (nSPS) is 25.2. The minimum absolute atomic E-state index is 0.295. The average molecular weight is 343 g/mol. The van der Waals surface area contributed by atoms with Crippen LogP contribution >= 0.6 is 0 Å². The predicted molar refractivity (Wildman–Crippen MR) is 98.1 cm³/mol. The van der Waals surface area contributed by atoms with Gasteiger partial charge in [0.05, 0.1) is 6.10 Å². The Labute approximate surface area is 148 Å². The van der Waals surface area contributed by atoms with Gasteiger partial charge >= 0.3 is 6.09 Å². The maximum atomic E-state index is 12.3. The van der Waals surface area contributed by atoms with E-state index in [0.29, 0.717) is 24.5 Å². The molecule has 2 N–H and O–H groups in total. The standard InChI is InChI=1S/C19H38N2O3/c1-14-10-16(12-19(6,7)11-14)20-8-9-21(13-15(2)22)17(23)24-18(3,4)5/h14-16,20,22H,8-13H2,1-7H3. The van der Waals surface area contributed by atoms with Gasteiger partial charge < -0.3 is 20.1 Å². The number of carbonyl (C=O) groups excluding carboxylic acids is 1. The molecule has 1 rings (SSSR count). The Bertz CT molecular complexity index is 402. The second kappa shape index (κ2) is 8.52. The van der Waals surface area contributed by atoms with Gasteiger partial charge in [0, 0.05) is 25.7 Å². The quantitative estimate of drug-likeness (QED) is 0.776. The Hall–Kier alpha value is -0.810. The molecule has 24 heavy (non-hydrogen) atoms. The number of nitrogens with one attached hydrogen (secondary N) is 1. The fraction of sp³-hybridized carbons (Fsp3) is 0.947. The van der Waals surface area contributed by atoms with E-state index in [9.17, 15) is 9.90 Å². The predicted octanol–water partition coefficient (Wildman–Crippen LogP) is 3.41. The lowest BCUT2D eigenvalue weighted by Crippen LogP contribution is -2.46. The first-order valence-electron chi connectivity index (χ1n) is 9.27. The summed E-state index contributed by atoms with van der Waals surface area (Å²) < 4.78 is 5.44. The maximum absolute atomic E-state index is 12.3.